The van der Waals surface area contributed by atoms with Crippen molar-refractivity contribution in [2.24, 2.45) is 0 Å². The molecule has 0 aliphatic carbocycles. The Morgan fingerprint density at radius 1 is 1.20 bits per heavy atom. The van der Waals surface area contributed by atoms with Crippen molar-refractivity contribution >= 4 is 5.69 Å². The average molecular weight is 202 g/mol. The number of nitrogens with zero attached hydrogens (tertiary/aromatic N) is 1. The minimum Gasteiger partial charge on any atom is -0.398 e. The fourth-order valence-corrected chi connectivity index (χ4v) is 1.50. The Kier molecular flexibility index (Phi) is 2.37. The third kappa shape index (κ3) is 1.96. The number of hydrogen-bond donors (Lipinski definition) is 1. The number of aryl methyl sites for hydroxylation is 1. The van der Waals surface area contributed by atoms with E-state index in [4.69, 9.17) is 5.73 Å². The van der Waals surface area contributed by atoms with Crippen LogP contribution in [-0.4, -0.2) is 4.98 Å². The molecular weight excluding hydrogens is 191 g/mol. The molecule has 1 heterocycles. The number of benzene rings is 1. The average Bonchev–Trinajstić information content (AvgIpc) is 2.17. The summed E-state index contributed by atoms with van der Waals surface area (Å²) >= 11 is 0. The van der Waals surface area contributed by atoms with E-state index in [1.165, 1.54) is 12.3 Å². The van der Waals surface area contributed by atoms with Gasteiger partial charge in [-0.05, 0) is 24.6 Å². The standard InChI is InChI=1S/C12H11FN2/c1-8-2-3-11(12(14)4-8)9-5-10(13)7-15-6-9/h2-7H,14H2,1H3. The number of anilines is 1. The Balaban J connectivity index is 2.54. The van der Waals surface area contributed by atoms with Gasteiger partial charge in [0.05, 0.1) is 6.20 Å². The first kappa shape index (κ1) is 9.65. The molecule has 3 heteroatoms. The second-order valence-corrected chi connectivity index (χ2v) is 3.48. The van der Waals surface area contributed by atoms with E-state index in [-0.39, 0.29) is 5.82 Å². The summed E-state index contributed by atoms with van der Waals surface area (Å²) in [6.45, 7) is 1.96. The first-order valence-corrected chi connectivity index (χ1v) is 4.64. The van der Waals surface area contributed by atoms with Gasteiger partial charge < -0.3 is 5.73 Å². The van der Waals surface area contributed by atoms with Gasteiger partial charge in [-0.25, -0.2) is 4.39 Å². The van der Waals surface area contributed by atoms with E-state index in [0.29, 0.717) is 11.3 Å². The molecule has 2 N–H and O–H groups in total. The maximum atomic E-state index is 13.0. The summed E-state index contributed by atoms with van der Waals surface area (Å²) in [6.07, 6.45) is 2.78. The van der Waals surface area contributed by atoms with Crippen molar-refractivity contribution < 1.29 is 4.39 Å². The second-order valence-electron chi connectivity index (χ2n) is 3.48. The molecule has 0 saturated carbocycles. The normalized spacial score (nSPS) is 10.3. The summed E-state index contributed by atoms with van der Waals surface area (Å²) in [4.78, 5) is 3.79. The molecule has 76 valence electrons. The molecule has 1 aromatic heterocycles. The van der Waals surface area contributed by atoms with Crippen LogP contribution in [0, 0.1) is 12.7 Å². The van der Waals surface area contributed by atoms with Gasteiger partial charge in [-0.3, -0.25) is 4.98 Å². The number of nitrogen functional groups attached to an aromatic ring is 1. The molecular formula is C12H11FN2. The first-order valence-electron chi connectivity index (χ1n) is 4.64. The molecule has 2 rings (SSSR count). The highest BCUT2D eigenvalue weighted by atomic mass is 19.1. The van der Waals surface area contributed by atoms with E-state index >= 15 is 0 Å². The number of nitrogens with two attached hydrogens (primary N) is 1. The van der Waals surface area contributed by atoms with Gasteiger partial charge in [0.2, 0.25) is 0 Å². The van der Waals surface area contributed by atoms with Crippen molar-refractivity contribution in [3.05, 3.63) is 48.0 Å². The van der Waals surface area contributed by atoms with Crippen molar-refractivity contribution in [2.45, 2.75) is 6.92 Å². The molecule has 0 atom stereocenters. The Morgan fingerprint density at radius 2 is 2.00 bits per heavy atom. The highest BCUT2D eigenvalue weighted by Crippen LogP contribution is 2.26. The lowest BCUT2D eigenvalue weighted by molar-refractivity contribution is 0.622. The molecule has 0 amide bonds. The van der Waals surface area contributed by atoms with E-state index in [1.807, 2.05) is 25.1 Å². The number of rotatable bonds is 1. The molecule has 15 heavy (non-hydrogen) atoms. The Labute approximate surface area is 87.6 Å². The molecule has 2 nitrogen and oxygen atoms in total. The van der Waals surface area contributed by atoms with E-state index in [0.717, 1.165) is 11.1 Å². The van der Waals surface area contributed by atoms with Crippen molar-refractivity contribution in [1.82, 2.24) is 4.98 Å². The number of aromatic nitrogens is 1. The van der Waals surface area contributed by atoms with E-state index < -0.39 is 0 Å². The number of hydrogen-bond acceptors (Lipinski definition) is 2. The predicted molar refractivity (Wildman–Crippen MR) is 58.8 cm³/mol. The molecule has 0 saturated heterocycles. The molecule has 0 unspecified atom stereocenters. The fraction of sp³-hybridized carbons (Fsp3) is 0.0833. The predicted octanol–water partition coefficient (Wildman–Crippen LogP) is 2.78. The third-order valence-electron chi connectivity index (χ3n) is 2.22. The van der Waals surface area contributed by atoms with Crippen LogP contribution in [0.1, 0.15) is 5.56 Å². The molecule has 1 aromatic carbocycles. The summed E-state index contributed by atoms with van der Waals surface area (Å²) in [6, 6.07) is 7.10. The Bertz CT molecular complexity index is 495. The Hall–Kier alpha value is -1.90. The number of halogens is 1. The highest BCUT2D eigenvalue weighted by Gasteiger charge is 2.03. The molecule has 0 bridgehead atoms. The lowest BCUT2D eigenvalue weighted by Gasteiger charge is -2.06. The van der Waals surface area contributed by atoms with Gasteiger partial charge in [0.15, 0.2) is 0 Å². The van der Waals surface area contributed by atoms with Crippen LogP contribution in [0.15, 0.2) is 36.7 Å². The van der Waals surface area contributed by atoms with Gasteiger partial charge in [-0.1, -0.05) is 12.1 Å². The largest absolute Gasteiger partial charge is 0.398 e. The third-order valence-corrected chi connectivity index (χ3v) is 2.22. The topological polar surface area (TPSA) is 38.9 Å². The first-order chi connectivity index (χ1) is 7.16. The van der Waals surface area contributed by atoms with E-state index in [1.54, 1.807) is 6.20 Å². The van der Waals surface area contributed by atoms with Crippen LogP contribution >= 0.6 is 0 Å². The van der Waals surface area contributed by atoms with Gasteiger partial charge in [-0.15, -0.1) is 0 Å². The van der Waals surface area contributed by atoms with Gasteiger partial charge in [0.25, 0.3) is 0 Å². The summed E-state index contributed by atoms with van der Waals surface area (Å²) in [5.74, 6) is -0.354. The van der Waals surface area contributed by atoms with Crippen molar-refractivity contribution in [3.63, 3.8) is 0 Å². The van der Waals surface area contributed by atoms with Gasteiger partial charge in [-0.2, -0.15) is 0 Å². The van der Waals surface area contributed by atoms with Crippen molar-refractivity contribution in [2.75, 3.05) is 5.73 Å². The highest BCUT2D eigenvalue weighted by molar-refractivity contribution is 5.76. The zero-order chi connectivity index (χ0) is 10.8. The molecule has 0 fully saturated rings. The molecule has 0 aliphatic heterocycles. The second kappa shape index (κ2) is 3.69. The minimum atomic E-state index is -0.354. The zero-order valence-corrected chi connectivity index (χ0v) is 8.37. The van der Waals surface area contributed by atoms with Crippen LogP contribution < -0.4 is 5.73 Å². The number of pyridine rings is 1. The lowest BCUT2D eigenvalue weighted by Crippen LogP contribution is -1.92. The van der Waals surface area contributed by atoms with Gasteiger partial charge >= 0.3 is 0 Å². The molecule has 2 aromatic rings. The maximum Gasteiger partial charge on any atom is 0.142 e. The zero-order valence-electron chi connectivity index (χ0n) is 8.37. The molecule has 0 radical (unpaired) electrons. The molecule has 0 aliphatic rings. The minimum absolute atomic E-state index is 0.354. The van der Waals surface area contributed by atoms with Gasteiger partial charge in [0, 0.05) is 23.0 Å². The maximum absolute atomic E-state index is 13.0. The van der Waals surface area contributed by atoms with Crippen molar-refractivity contribution in [3.8, 4) is 11.1 Å². The quantitative estimate of drug-likeness (QED) is 0.722. The van der Waals surface area contributed by atoms with Crippen LogP contribution in [0.25, 0.3) is 11.1 Å². The summed E-state index contributed by atoms with van der Waals surface area (Å²) < 4.78 is 13.0. The van der Waals surface area contributed by atoms with Crippen LogP contribution in [-0.2, 0) is 0 Å². The van der Waals surface area contributed by atoms with Gasteiger partial charge in [0.1, 0.15) is 5.82 Å². The van der Waals surface area contributed by atoms with E-state index in [2.05, 4.69) is 4.98 Å². The SMILES string of the molecule is Cc1ccc(-c2cncc(F)c2)c(N)c1. The van der Waals surface area contributed by atoms with Crippen LogP contribution in [0.5, 0.6) is 0 Å². The van der Waals surface area contributed by atoms with Crippen LogP contribution in [0.2, 0.25) is 0 Å². The summed E-state index contributed by atoms with van der Waals surface area (Å²) in [5.41, 5.74) is 9.09. The van der Waals surface area contributed by atoms with Crippen LogP contribution in [0.4, 0.5) is 10.1 Å². The lowest BCUT2D eigenvalue weighted by atomic mass is 10.0. The summed E-state index contributed by atoms with van der Waals surface area (Å²) in [7, 11) is 0. The smallest absolute Gasteiger partial charge is 0.142 e. The summed E-state index contributed by atoms with van der Waals surface area (Å²) in [5, 5.41) is 0. The van der Waals surface area contributed by atoms with E-state index in [9.17, 15) is 4.39 Å². The molecule has 0 spiro atoms. The monoisotopic (exact) mass is 202 g/mol. The fourth-order valence-electron chi connectivity index (χ4n) is 1.50. The van der Waals surface area contributed by atoms with Crippen molar-refractivity contribution in [1.29, 1.82) is 0 Å². The van der Waals surface area contributed by atoms with Crippen LogP contribution in [0.3, 0.4) is 0 Å². The Morgan fingerprint density at radius 3 is 2.67 bits per heavy atom.